The quantitative estimate of drug-likeness (QED) is 0.630. The highest BCUT2D eigenvalue weighted by Crippen LogP contribution is 2.37. The molecule has 3 rings (SSSR count). The highest BCUT2D eigenvalue weighted by atomic mass is 35.5. The van der Waals surface area contributed by atoms with Crippen LogP contribution in [0.4, 0.5) is 5.69 Å². The van der Waals surface area contributed by atoms with E-state index >= 15 is 0 Å². The molecule has 2 aliphatic heterocycles. The maximum Gasteiger partial charge on any atom is 0.273 e. The minimum absolute atomic E-state index is 0. The number of nitro benzene ring substituents is 1. The number of benzene rings is 1. The average Bonchev–Trinajstić information content (AvgIpc) is 2.80. The summed E-state index contributed by atoms with van der Waals surface area (Å²) >= 11 is 0. The molecule has 0 saturated carbocycles. The number of methoxy groups -OCH3 is 1. The zero-order valence-electron chi connectivity index (χ0n) is 13.2. The molecular weight excluding hydrogens is 358 g/mol. The predicted molar refractivity (Wildman–Crippen MR) is 90.2 cm³/mol. The minimum Gasteiger partial charge on any atom is -0.495 e. The van der Waals surface area contributed by atoms with Gasteiger partial charge in [0, 0.05) is 24.7 Å². The highest BCUT2D eigenvalue weighted by Gasteiger charge is 2.44. The van der Waals surface area contributed by atoms with E-state index in [4.69, 9.17) is 4.74 Å². The van der Waals surface area contributed by atoms with Gasteiger partial charge in [-0.15, -0.1) is 12.4 Å². The first-order valence-corrected chi connectivity index (χ1v) is 8.96. The predicted octanol–water partition coefficient (Wildman–Crippen LogP) is 1.54. The molecule has 2 atom stereocenters. The number of nitrogens with one attached hydrogen (secondary N) is 1. The summed E-state index contributed by atoms with van der Waals surface area (Å²) in [6.45, 7) is 1.43. The van der Waals surface area contributed by atoms with Crippen LogP contribution in [0.2, 0.25) is 0 Å². The number of fused-ring (bicyclic) bond motifs is 2. The molecule has 2 unspecified atom stereocenters. The van der Waals surface area contributed by atoms with Gasteiger partial charge in [-0.2, -0.15) is 4.31 Å². The Morgan fingerprint density at radius 3 is 2.67 bits per heavy atom. The van der Waals surface area contributed by atoms with E-state index in [1.165, 1.54) is 19.2 Å². The third kappa shape index (κ3) is 3.21. The zero-order chi connectivity index (χ0) is 16.6. The lowest BCUT2D eigenvalue weighted by Crippen LogP contribution is -2.42. The van der Waals surface area contributed by atoms with Gasteiger partial charge >= 0.3 is 0 Å². The number of hydrogen-bond acceptors (Lipinski definition) is 6. The number of hydrogen-bond donors (Lipinski definition) is 1. The van der Waals surface area contributed by atoms with Crippen molar-refractivity contribution < 1.29 is 18.1 Å². The van der Waals surface area contributed by atoms with Crippen LogP contribution in [0.1, 0.15) is 19.3 Å². The summed E-state index contributed by atoms with van der Waals surface area (Å²) in [5, 5.41) is 14.1. The smallest absolute Gasteiger partial charge is 0.273 e. The Kier molecular flexibility index (Phi) is 5.69. The normalized spacial score (nSPS) is 24.0. The molecular formula is C14H20ClN3O5S. The Morgan fingerprint density at radius 1 is 1.29 bits per heavy atom. The Hall–Kier alpha value is -1.42. The van der Waals surface area contributed by atoms with Gasteiger partial charge in [-0.25, -0.2) is 8.42 Å². The van der Waals surface area contributed by atoms with E-state index in [0.29, 0.717) is 6.54 Å². The van der Waals surface area contributed by atoms with Gasteiger partial charge in [-0.1, -0.05) is 0 Å². The second-order valence-electron chi connectivity index (χ2n) is 5.81. The largest absolute Gasteiger partial charge is 0.495 e. The lowest BCUT2D eigenvalue weighted by atomic mass is 10.1. The van der Waals surface area contributed by atoms with Crippen LogP contribution >= 0.6 is 12.4 Å². The average molecular weight is 378 g/mol. The van der Waals surface area contributed by atoms with Crippen molar-refractivity contribution in [1.29, 1.82) is 0 Å². The summed E-state index contributed by atoms with van der Waals surface area (Å²) < 4.78 is 32.9. The fraction of sp³-hybridized carbons (Fsp3) is 0.571. The third-order valence-electron chi connectivity index (χ3n) is 4.50. The molecule has 10 heteroatoms. The molecule has 1 N–H and O–H groups in total. The van der Waals surface area contributed by atoms with Crippen LogP contribution in [0.15, 0.2) is 23.1 Å². The first-order valence-electron chi connectivity index (χ1n) is 7.52. The van der Waals surface area contributed by atoms with Gasteiger partial charge in [0.15, 0.2) is 0 Å². The van der Waals surface area contributed by atoms with Crippen molar-refractivity contribution in [3.63, 3.8) is 0 Å². The van der Waals surface area contributed by atoms with Crippen LogP contribution in [-0.4, -0.2) is 49.9 Å². The highest BCUT2D eigenvalue weighted by molar-refractivity contribution is 7.89. The number of non-ortho nitro benzene ring substituents is 1. The van der Waals surface area contributed by atoms with Crippen molar-refractivity contribution in [2.45, 2.75) is 36.2 Å². The van der Waals surface area contributed by atoms with Gasteiger partial charge in [0.05, 0.1) is 18.1 Å². The number of halogens is 1. The van der Waals surface area contributed by atoms with Crippen LogP contribution in [0.25, 0.3) is 0 Å². The SMILES string of the molecule is COc1cc([N+](=O)[O-])ccc1S(=O)(=O)N1C2CCNCC1CC2.Cl. The van der Waals surface area contributed by atoms with Crippen molar-refractivity contribution in [1.82, 2.24) is 9.62 Å². The van der Waals surface area contributed by atoms with Crippen molar-refractivity contribution >= 4 is 28.1 Å². The van der Waals surface area contributed by atoms with Crippen molar-refractivity contribution in [2.24, 2.45) is 0 Å². The molecule has 2 fully saturated rings. The maximum atomic E-state index is 13.1. The van der Waals surface area contributed by atoms with Gasteiger partial charge in [0.2, 0.25) is 10.0 Å². The van der Waals surface area contributed by atoms with E-state index in [1.807, 2.05) is 0 Å². The topological polar surface area (TPSA) is 102 Å². The molecule has 1 aromatic rings. The van der Waals surface area contributed by atoms with Crippen molar-refractivity contribution in [2.75, 3.05) is 20.2 Å². The number of rotatable bonds is 4. The molecule has 2 heterocycles. The van der Waals surface area contributed by atoms with E-state index in [0.717, 1.165) is 31.9 Å². The Bertz CT molecular complexity index is 713. The summed E-state index contributed by atoms with van der Waals surface area (Å²) in [4.78, 5) is 10.3. The van der Waals surface area contributed by atoms with Crippen molar-refractivity contribution in [3.05, 3.63) is 28.3 Å². The van der Waals surface area contributed by atoms with E-state index in [-0.39, 0.29) is 40.8 Å². The van der Waals surface area contributed by atoms with Gasteiger partial charge < -0.3 is 10.1 Å². The lowest BCUT2D eigenvalue weighted by Gasteiger charge is -2.27. The van der Waals surface area contributed by atoms with Crippen LogP contribution in [0.3, 0.4) is 0 Å². The first-order chi connectivity index (χ1) is 10.9. The summed E-state index contributed by atoms with van der Waals surface area (Å²) in [5.74, 6) is 0.0100. The zero-order valence-corrected chi connectivity index (χ0v) is 14.8. The maximum absolute atomic E-state index is 13.1. The molecule has 2 saturated heterocycles. The molecule has 0 aliphatic carbocycles. The van der Waals surface area contributed by atoms with Crippen molar-refractivity contribution in [3.8, 4) is 5.75 Å². The summed E-state index contributed by atoms with van der Waals surface area (Å²) in [6, 6.07) is 3.52. The monoisotopic (exact) mass is 377 g/mol. The van der Waals surface area contributed by atoms with Crippen LogP contribution in [-0.2, 0) is 10.0 Å². The second kappa shape index (κ2) is 7.22. The molecule has 0 spiro atoms. The molecule has 0 amide bonds. The van der Waals surface area contributed by atoms with Crippen LogP contribution < -0.4 is 10.1 Å². The van der Waals surface area contributed by atoms with Gasteiger partial charge in [-0.3, -0.25) is 10.1 Å². The third-order valence-corrected chi connectivity index (χ3v) is 6.55. The van der Waals surface area contributed by atoms with E-state index < -0.39 is 14.9 Å². The van der Waals surface area contributed by atoms with Crippen LogP contribution in [0.5, 0.6) is 5.75 Å². The van der Waals surface area contributed by atoms with E-state index in [9.17, 15) is 18.5 Å². The minimum atomic E-state index is -3.76. The molecule has 2 aliphatic rings. The molecule has 24 heavy (non-hydrogen) atoms. The molecule has 2 bridgehead atoms. The Morgan fingerprint density at radius 2 is 2.00 bits per heavy atom. The van der Waals surface area contributed by atoms with E-state index in [2.05, 4.69) is 5.32 Å². The van der Waals surface area contributed by atoms with Gasteiger partial charge in [0.1, 0.15) is 10.6 Å². The number of ether oxygens (including phenoxy) is 1. The number of sulfonamides is 1. The lowest BCUT2D eigenvalue weighted by molar-refractivity contribution is -0.385. The van der Waals surface area contributed by atoms with Crippen LogP contribution in [0, 0.1) is 10.1 Å². The number of nitro groups is 1. The van der Waals surface area contributed by atoms with E-state index in [1.54, 1.807) is 4.31 Å². The van der Waals surface area contributed by atoms with Gasteiger partial charge in [-0.05, 0) is 31.9 Å². The Labute approximate surface area is 146 Å². The molecule has 134 valence electrons. The molecule has 0 aromatic heterocycles. The molecule has 0 radical (unpaired) electrons. The summed E-state index contributed by atoms with van der Waals surface area (Å²) in [5.41, 5.74) is -0.193. The Balaban J connectivity index is 0.00000208. The number of nitrogens with zero attached hydrogens (tertiary/aromatic N) is 2. The second-order valence-corrected chi connectivity index (χ2v) is 7.62. The van der Waals surface area contributed by atoms with Gasteiger partial charge in [0.25, 0.3) is 5.69 Å². The standard InChI is InChI=1S/C14H19N3O5S.ClH/c1-22-13-8-11(17(18)19)4-5-14(13)23(20,21)16-10-2-3-12(16)9-15-7-6-10;/h4-5,8,10,12,15H,2-3,6-7,9H2,1H3;1H. The fourth-order valence-electron chi connectivity index (χ4n) is 3.43. The molecule has 8 nitrogen and oxygen atoms in total. The fourth-order valence-corrected chi connectivity index (χ4v) is 5.47. The summed E-state index contributed by atoms with van der Waals surface area (Å²) in [7, 11) is -2.44. The first kappa shape index (κ1) is 18.9. The molecule has 1 aromatic carbocycles. The summed E-state index contributed by atoms with van der Waals surface area (Å²) in [6.07, 6.45) is 2.44.